The first-order valence-corrected chi connectivity index (χ1v) is 8.06. The molecular formula is C17H12N4O2S. The maximum atomic E-state index is 12.3. The lowest BCUT2D eigenvalue weighted by molar-refractivity contribution is 0.101. The first-order chi connectivity index (χ1) is 11.7. The number of pyridine rings is 1. The van der Waals surface area contributed by atoms with E-state index in [-0.39, 0.29) is 11.6 Å². The number of fused-ring (bicyclic) bond motifs is 1. The highest BCUT2D eigenvalue weighted by Crippen LogP contribution is 2.27. The number of hydrogen-bond donors (Lipinski definition) is 1. The highest BCUT2D eigenvalue weighted by atomic mass is 32.1. The van der Waals surface area contributed by atoms with Gasteiger partial charge >= 0.3 is 0 Å². The van der Waals surface area contributed by atoms with Crippen molar-refractivity contribution < 1.29 is 9.32 Å². The van der Waals surface area contributed by atoms with Crippen molar-refractivity contribution in [2.75, 3.05) is 5.32 Å². The molecule has 118 valence electrons. The van der Waals surface area contributed by atoms with Crippen LogP contribution in [-0.2, 0) is 0 Å². The molecule has 0 radical (unpaired) electrons. The van der Waals surface area contributed by atoms with E-state index >= 15 is 0 Å². The Bertz CT molecular complexity index is 1020. The molecule has 0 aliphatic carbocycles. The molecular weight excluding hydrogens is 324 g/mol. The maximum Gasteiger partial charge on any atom is 0.279 e. The Balaban J connectivity index is 1.56. The fourth-order valence-corrected chi connectivity index (χ4v) is 3.23. The summed E-state index contributed by atoms with van der Waals surface area (Å²) in [5.41, 5.74) is 2.97. The number of carbonyl (C=O) groups excluding carboxylic acids is 1. The monoisotopic (exact) mass is 336 g/mol. The van der Waals surface area contributed by atoms with Gasteiger partial charge in [0.1, 0.15) is 0 Å². The summed E-state index contributed by atoms with van der Waals surface area (Å²) in [6.45, 7) is 2.02. The molecule has 0 saturated carbocycles. The van der Waals surface area contributed by atoms with E-state index in [0.717, 1.165) is 21.3 Å². The fraction of sp³-hybridized carbons (Fsp3) is 0.0588. The Hall–Kier alpha value is -3.06. The van der Waals surface area contributed by atoms with Crippen LogP contribution in [0.1, 0.15) is 16.1 Å². The molecule has 4 rings (SSSR count). The predicted octanol–water partition coefficient (Wildman–Crippen LogP) is 3.91. The van der Waals surface area contributed by atoms with Crippen molar-refractivity contribution in [1.82, 2.24) is 15.1 Å². The van der Waals surface area contributed by atoms with Crippen molar-refractivity contribution in [1.29, 1.82) is 0 Å². The molecule has 0 aliphatic heterocycles. The molecule has 0 spiro atoms. The van der Waals surface area contributed by atoms with E-state index in [0.29, 0.717) is 10.9 Å². The maximum absolute atomic E-state index is 12.3. The Morgan fingerprint density at radius 1 is 1.25 bits per heavy atom. The first-order valence-electron chi connectivity index (χ1n) is 7.25. The SMILES string of the molecule is Cc1ccc2nc(NC(=O)c3cc(-c4cccnc4)on3)sc2c1. The highest BCUT2D eigenvalue weighted by molar-refractivity contribution is 7.22. The molecule has 0 unspecified atom stereocenters. The number of carbonyl (C=O) groups is 1. The van der Waals surface area contributed by atoms with Crippen LogP contribution in [-0.4, -0.2) is 21.0 Å². The number of hydrogen-bond acceptors (Lipinski definition) is 6. The molecule has 0 fully saturated rings. The summed E-state index contributed by atoms with van der Waals surface area (Å²) in [7, 11) is 0. The largest absolute Gasteiger partial charge is 0.355 e. The lowest BCUT2D eigenvalue weighted by Crippen LogP contribution is -2.11. The number of benzene rings is 1. The van der Waals surface area contributed by atoms with Gasteiger partial charge in [0.15, 0.2) is 16.6 Å². The zero-order chi connectivity index (χ0) is 16.5. The standard InChI is InChI=1S/C17H12N4O2S/c1-10-4-5-12-15(7-10)24-17(19-12)20-16(22)13-8-14(23-21-13)11-3-2-6-18-9-11/h2-9H,1H3,(H,19,20,22). The van der Waals surface area contributed by atoms with Crippen molar-refractivity contribution in [2.45, 2.75) is 6.92 Å². The van der Waals surface area contributed by atoms with Gasteiger partial charge in [0.05, 0.1) is 10.2 Å². The van der Waals surface area contributed by atoms with Gasteiger partial charge < -0.3 is 4.52 Å². The van der Waals surface area contributed by atoms with Crippen LogP contribution in [0.3, 0.4) is 0 Å². The Labute approximate surface area is 141 Å². The Kier molecular flexibility index (Phi) is 3.55. The highest BCUT2D eigenvalue weighted by Gasteiger charge is 2.15. The van der Waals surface area contributed by atoms with Gasteiger partial charge in [0.2, 0.25) is 0 Å². The number of thiazole rings is 1. The van der Waals surface area contributed by atoms with E-state index in [1.807, 2.05) is 31.2 Å². The van der Waals surface area contributed by atoms with Crippen molar-refractivity contribution >= 4 is 32.6 Å². The molecule has 0 saturated heterocycles. The van der Waals surface area contributed by atoms with Gasteiger partial charge in [-0.1, -0.05) is 22.6 Å². The molecule has 1 N–H and O–H groups in total. The average Bonchev–Trinajstić information content (AvgIpc) is 3.22. The molecule has 0 bridgehead atoms. The number of aryl methyl sites for hydroxylation is 1. The van der Waals surface area contributed by atoms with Crippen LogP contribution >= 0.6 is 11.3 Å². The minimum absolute atomic E-state index is 0.198. The van der Waals surface area contributed by atoms with Gasteiger partial charge in [-0.25, -0.2) is 4.98 Å². The second kappa shape index (κ2) is 5.86. The van der Waals surface area contributed by atoms with Crippen LogP contribution in [0.2, 0.25) is 0 Å². The zero-order valence-corrected chi connectivity index (χ0v) is 13.5. The molecule has 6 nitrogen and oxygen atoms in total. The predicted molar refractivity (Wildman–Crippen MR) is 92.0 cm³/mol. The molecule has 3 aromatic heterocycles. The summed E-state index contributed by atoms with van der Waals surface area (Å²) in [5.74, 6) is 0.137. The molecule has 1 amide bonds. The summed E-state index contributed by atoms with van der Waals surface area (Å²) < 4.78 is 6.25. The molecule has 4 aromatic rings. The van der Waals surface area contributed by atoms with E-state index in [1.54, 1.807) is 24.5 Å². The van der Waals surface area contributed by atoms with Crippen molar-refractivity contribution in [3.63, 3.8) is 0 Å². The molecule has 3 heterocycles. The second-order valence-corrected chi connectivity index (χ2v) is 6.29. The zero-order valence-electron chi connectivity index (χ0n) is 12.7. The summed E-state index contributed by atoms with van der Waals surface area (Å²) in [5, 5.41) is 7.11. The van der Waals surface area contributed by atoms with E-state index in [4.69, 9.17) is 4.52 Å². The van der Waals surface area contributed by atoms with Gasteiger partial charge in [0, 0.05) is 24.0 Å². The van der Waals surface area contributed by atoms with Crippen molar-refractivity contribution in [2.24, 2.45) is 0 Å². The summed E-state index contributed by atoms with van der Waals surface area (Å²) in [4.78, 5) is 20.7. The number of nitrogens with zero attached hydrogens (tertiary/aromatic N) is 3. The summed E-state index contributed by atoms with van der Waals surface area (Å²) in [6.07, 6.45) is 3.32. The van der Waals surface area contributed by atoms with Crippen LogP contribution in [0.15, 0.2) is 53.3 Å². The van der Waals surface area contributed by atoms with E-state index in [2.05, 4.69) is 20.4 Å². The number of anilines is 1. The normalized spacial score (nSPS) is 10.9. The Morgan fingerprint density at radius 3 is 3.00 bits per heavy atom. The number of amides is 1. The lowest BCUT2D eigenvalue weighted by atomic mass is 10.2. The van der Waals surface area contributed by atoms with Crippen LogP contribution in [0.5, 0.6) is 0 Å². The van der Waals surface area contributed by atoms with Gasteiger partial charge in [-0.15, -0.1) is 0 Å². The average molecular weight is 336 g/mol. The van der Waals surface area contributed by atoms with Gasteiger partial charge in [-0.05, 0) is 36.8 Å². The first kappa shape index (κ1) is 14.5. The quantitative estimate of drug-likeness (QED) is 0.613. The number of rotatable bonds is 3. The van der Waals surface area contributed by atoms with Gasteiger partial charge in [0.25, 0.3) is 5.91 Å². The van der Waals surface area contributed by atoms with Gasteiger partial charge in [-0.2, -0.15) is 0 Å². The van der Waals surface area contributed by atoms with E-state index in [1.165, 1.54) is 11.3 Å². The smallest absolute Gasteiger partial charge is 0.279 e. The fourth-order valence-electron chi connectivity index (χ4n) is 2.27. The van der Waals surface area contributed by atoms with E-state index < -0.39 is 0 Å². The topological polar surface area (TPSA) is 80.9 Å². The molecule has 1 aromatic carbocycles. The van der Waals surface area contributed by atoms with E-state index in [9.17, 15) is 4.79 Å². The minimum Gasteiger partial charge on any atom is -0.355 e. The molecule has 0 atom stereocenters. The lowest BCUT2D eigenvalue weighted by Gasteiger charge is -1.95. The third-order valence-corrected chi connectivity index (χ3v) is 4.39. The summed E-state index contributed by atoms with van der Waals surface area (Å²) in [6, 6.07) is 11.2. The van der Waals surface area contributed by atoms with Crippen molar-refractivity contribution in [3.05, 3.63) is 60.0 Å². The van der Waals surface area contributed by atoms with Crippen LogP contribution < -0.4 is 5.32 Å². The third-order valence-electron chi connectivity index (χ3n) is 3.45. The van der Waals surface area contributed by atoms with Crippen LogP contribution in [0.4, 0.5) is 5.13 Å². The second-order valence-electron chi connectivity index (χ2n) is 5.26. The van der Waals surface area contributed by atoms with Gasteiger partial charge in [-0.3, -0.25) is 15.1 Å². The Morgan fingerprint density at radius 2 is 2.17 bits per heavy atom. The molecule has 7 heteroatoms. The molecule has 0 aliphatic rings. The minimum atomic E-state index is -0.357. The third kappa shape index (κ3) is 2.77. The summed E-state index contributed by atoms with van der Waals surface area (Å²) >= 11 is 1.43. The number of nitrogens with one attached hydrogen (secondary N) is 1. The molecule has 24 heavy (non-hydrogen) atoms. The van der Waals surface area contributed by atoms with Crippen molar-refractivity contribution in [3.8, 4) is 11.3 Å². The van der Waals surface area contributed by atoms with Crippen LogP contribution in [0, 0.1) is 6.92 Å². The number of aromatic nitrogens is 3. The van der Waals surface area contributed by atoms with Crippen LogP contribution in [0.25, 0.3) is 21.5 Å².